The van der Waals surface area contributed by atoms with E-state index in [2.05, 4.69) is 34.9 Å². The van der Waals surface area contributed by atoms with Gasteiger partial charge in [-0.05, 0) is 49.9 Å². The fourth-order valence-corrected chi connectivity index (χ4v) is 3.16. The lowest BCUT2D eigenvalue weighted by Crippen LogP contribution is -2.37. The van der Waals surface area contributed by atoms with Crippen LogP contribution in [0.4, 0.5) is 0 Å². The summed E-state index contributed by atoms with van der Waals surface area (Å²) in [6.45, 7) is 4.13. The summed E-state index contributed by atoms with van der Waals surface area (Å²) in [5.41, 5.74) is 2.98. The van der Waals surface area contributed by atoms with E-state index in [1.807, 2.05) is 0 Å². The van der Waals surface area contributed by atoms with Gasteiger partial charge in [0.05, 0.1) is 6.10 Å². The smallest absolute Gasteiger partial charge is 0.0588 e. The van der Waals surface area contributed by atoms with Crippen molar-refractivity contribution in [3.8, 4) is 0 Å². The summed E-state index contributed by atoms with van der Waals surface area (Å²) >= 11 is 0. The van der Waals surface area contributed by atoms with Crippen molar-refractivity contribution in [1.82, 2.24) is 10.6 Å². The van der Waals surface area contributed by atoms with Crippen molar-refractivity contribution in [3.05, 3.63) is 35.4 Å². The molecule has 0 bridgehead atoms. The van der Waals surface area contributed by atoms with Gasteiger partial charge in [-0.3, -0.25) is 0 Å². The Labute approximate surface area is 115 Å². The molecule has 3 heteroatoms. The third kappa shape index (κ3) is 3.35. The molecule has 1 aromatic carbocycles. The maximum atomic E-state index is 5.65. The lowest BCUT2D eigenvalue weighted by Gasteiger charge is -2.27. The van der Waals surface area contributed by atoms with Crippen molar-refractivity contribution in [2.45, 2.75) is 37.8 Å². The molecule has 3 rings (SSSR count). The molecule has 2 aliphatic heterocycles. The second kappa shape index (κ2) is 6.51. The monoisotopic (exact) mass is 260 g/mol. The maximum Gasteiger partial charge on any atom is 0.0588 e. The van der Waals surface area contributed by atoms with Crippen LogP contribution >= 0.6 is 0 Å². The van der Waals surface area contributed by atoms with Gasteiger partial charge in [0.15, 0.2) is 0 Å². The first-order chi connectivity index (χ1) is 9.43. The fourth-order valence-electron chi connectivity index (χ4n) is 3.16. The first kappa shape index (κ1) is 13.1. The van der Waals surface area contributed by atoms with Crippen LogP contribution in [0, 0.1) is 0 Å². The number of benzene rings is 1. The second-order valence-electron chi connectivity index (χ2n) is 5.58. The molecule has 1 saturated heterocycles. The molecule has 0 spiro atoms. The molecule has 2 unspecified atom stereocenters. The molecule has 0 aliphatic carbocycles. The molecule has 2 N–H and O–H groups in total. The molecular weight excluding hydrogens is 236 g/mol. The Morgan fingerprint density at radius 3 is 3.16 bits per heavy atom. The van der Waals surface area contributed by atoms with Crippen LogP contribution in [0.3, 0.4) is 0 Å². The van der Waals surface area contributed by atoms with Crippen LogP contribution in [0.2, 0.25) is 0 Å². The van der Waals surface area contributed by atoms with Crippen LogP contribution in [0.15, 0.2) is 24.3 Å². The minimum Gasteiger partial charge on any atom is -0.378 e. The summed E-state index contributed by atoms with van der Waals surface area (Å²) in [4.78, 5) is 0. The molecule has 2 atom stereocenters. The molecule has 2 aliphatic rings. The van der Waals surface area contributed by atoms with Crippen LogP contribution in [0.25, 0.3) is 0 Å². The number of fused-ring (bicyclic) bond motifs is 1. The number of nitrogens with one attached hydrogen (secondary N) is 2. The molecule has 0 saturated carbocycles. The van der Waals surface area contributed by atoms with E-state index in [1.165, 1.54) is 24.0 Å². The van der Waals surface area contributed by atoms with Gasteiger partial charge < -0.3 is 15.4 Å². The fraction of sp³-hybridized carbons (Fsp3) is 0.625. The lowest BCUT2D eigenvalue weighted by molar-refractivity contribution is 0.104. The summed E-state index contributed by atoms with van der Waals surface area (Å²) in [6.07, 6.45) is 5.28. The highest BCUT2D eigenvalue weighted by Gasteiger charge is 2.19. The van der Waals surface area contributed by atoms with Crippen molar-refractivity contribution in [2.24, 2.45) is 0 Å². The van der Waals surface area contributed by atoms with Crippen LogP contribution in [0.5, 0.6) is 0 Å². The molecule has 2 heterocycles. The predicted molar refractivity (Wildman–Crippen MR) is 77.4 cm³/mol. The predicted octanol–water partition coefficient (Wildman–Crippen LogP) is 2.03. The lowest BCUT2D eigenvalue weighted by atomic mass is 9.94. The summed E-state index contributed by atoms with van der Waals surface area (Å²) in [6, 6.07) is 9.27. The quantitative estimate of drug-likeness (QED) is 0.795. The van der Waals surface area contributed by atoms with Gasteiger partial charge in [0.1, 0.15) is 0 Å². The first-order valence-corrected chi connectivity index (χ1v) is 7.57. The number of ether oxygens (including phenoxy) is 1. The van der Waals surface area contributed by atoms with Gasteiger partial charge in [-0.1, -0.05) is 24.3 Å². The van der Waals surface area contributed by atoms with Crippen molar-refractivity contribution in [3.63, 3.8) is 0 Å². The van der Waals surface area contributed by atoms with E-state index in [0.29, 0.717) is 12.1 Å². The minimum absolute atomic E-state index is 0.467. The van der Waals surface area contributed by atoms with E-state index in [0.717, 1.165) is 39.1 Å². The zero-order valence-electron chi connectivity index (χ0n) is 11.5. The normalized spacial score (nSPS) is 26.3. The Balaban J connectivity index is 1.45. The van der Waals surface area contributed by atoms with Crippen molar-refractivity contribution in [1.29, 1.82) is 0 Å². The molecule has 0 radical (unpaired) electrons. The van der Waals surface area contributed by atoms with Crippen molar-refractivity contribution in [2.75, 3.05) is 26.2 Å². The standard InChI is InChI=1S/C16H24N2O/c1-2-6-15-13(4-1)7-10-18-16(15)12-17-9-8-14-5-3-11-19-14/h1-2,4,6,14,16-18H,3,5,7-12H2. The highest BCUT2D eigenvalue weighted by atomic mass is 16.5. The van der Waals surface area contributed by atoms with Gasteiger partial charge in [-0.25, -0.2) is 0 Å². The second-order valence-corrected chi connectivity index (χ2v) is 5.58. The van der Waals surface area contributed by atoms with E-state index in [-0.39, 0.29) is 0 Å². The Bertz CT molecular complexity index is 401. The van der Waals surface area contributed by atoms with E-state index in [9.17, 15) is 0 Å². The molecule has 104 valence electrons. The first-order valence-electron chi connectivity index (χ1n) is 7.57. The SMILES string of the molecule is c1ccc2c(c1)CCNC2CNCCC1CCCO1. The Morgan fingerprint density at radius 2 is 2.26 bits per heavy atom. The third-order valence-electron chi connectivity index (χ3n) is 4.23. The van der Waals surface area contributed by atoms with Gasteiger partial charge in [0.25, 0.3) is 0 Å². The molecule has 3 nitrogen and oxygen atoms in total. The summed E-state index contributed by atoms with van der Waals surface area (Å²) in [5, 5.41) is 7.19. The zero-order chi connectivity index (χ0) is 12.9. The van der Waals surface area contributed by atoms with Crippen LogP contribution in [-0.2, 0) is 11.2 Å². The van der Waals surface area contributed by atoms with Gasteiger partial charge >= 0.3 is 0 Å². The maximum absolute atomic E-state index is 5.65. The van der Waals surface area contributed by atoms with Gasteiger partial charge in [0.2, 0.25) is 0 Å². The summed E-state index contributed by atoms with van der Waals surface area (Å²) < 4.78 is 5.65. The third-order valence-corrected chi connectivity index (χ3v) is 4.23. The highest BCUT2D eigenvalue weighted by Crippen LogP contribution is 2.22. The molecule has 0 amide bonds. The van der Waals surface area contributed by atoms with Crippen LogP contribution in [-0.4, -0.2) is 32.3 Å². The Morgan fingerprint density at radius 1 is 1.32 bits per heavy atom. The average Bonchev–Trinajstić information content (AvgIpc) is 2.97. The summed E-state index contributed by atoms with van der Waals surface area (Å²) in [5.74, 6) is 0. The van der Waals surface area contributed by atoms with E-state index >= 15 is 0 Å². The highest BCUT2D eigenvalue weighted by molar-refractivity contribution is 5.32. The topological polar surface area (TPSA) is 33.3 Å². The molecule has 0 aromatic heterocycles. The molecule has 1 aromatic rings. The number of hydrogen-bond donors (Lipinski definition) is 2. The van der Waals surface area contributed by atoms with Crippen LogP contribution < -0.4 is 10.6 Å². The van der Waals surface area contributed by atoms with E-state index < -0.39 is 0 Å². The van der Waals surface area contributed by atoms with Crippen LogP contribution in [0.1, 0.15) is 36.4 Å². The minimum atomic E-state index is 0.467. The average molecular weight is 260 g/mol. The van der Waals surface area contributed by atoms with Crippen molar-refractivity contribution < 1.29 is 4.74 Å². The van der Waals surface area contributed by atoms with Crippen molar-refractivity contribution >= 4 is 0 Å². The summed E-state index contributed by atoms with van der Waals surface area (Å²) in [7, 11) is 0. The number of rotatable bonds is 5. The Kier molecular flexibility index (Phi) is 4.49. The van der Waals surface area contributed by atoms with Gasteiger partial charge in [0, 0.05) is 19.2 Å². The largest absolute Gasteiger partial charge is 0.378 e. The molecule has 1 fully saturated rings. The molecular formula is C16H24N2O. The molecule has 19 heavy (non-hydrogen) atoms. The van der Waals surface area contributed by atoms with Gasteiger partial charge in [-0.15, -0.1) is 0 Å². The Hall–Kier alpha value is -0.900. The van der Waals surface area contributed by atoms with Gasteiger partial charge in [-0.2, -0.15) is 0 Å². The zero-order valence-corrected chi connectivity index (χ0v) is 11.5. The number of hydrogen-bond acceptors (Lipinski definition) is 3. The van der Waals surface area contributed by atoms with E-state index in [4.69, 9.17) is 4.74 Å². The van der Waals surface area contributed by atoms with E-state index in [1.54, 1.807) is 0 Å².